The smallest absolute Gasteiger partial charge is 0.350 e. The van der Waals surface area contributed by atoms with Crippen LogP contribution in [-0.2, 0) is 9.53 Å². The first kappa shape index (κ1) is 16.5. The van der Waals surface area contributed by atoms with E-state index in [4.69, 9.17) is 9.47 Å². The average Bonchev–Trinajstić information content (AvgIpc) is 3.34. The third-order valence-corrected chi connectivity index (χ3v) is 4.21. The van der Waals surface area contributed by atoms with Crippen molar-refractivity contribution in [3.05, 3.63) is 30.1 Å². The summed E-state index contributed by atoms with van der Waals surface area (Å²) in [5.41, 5.74) is -0.273. The van der Waals surface area contributed by atoms with Gasteiger partial charge in [-0.25, -0.2) is 14.2 Å². The molecule has 0 atom stereocenters. The second-order valence-corrected chi connectivity index (χ2v) is 6.10. The lowest BCUT2D eigenvalue weighted by molar-refractivity contribution is -0.151. The third-order valence-electron chi connectivity index (χ3n) is 3.66. The Morgan fingerprint density at radius 2 is 2.08 bits per heavy atom. The molecule has 0 amide bonds. The van der Waals surface area contributed by atoms with Crippen molar-refractivity contribution in [1.82, 2.24) is 9.97 Å². The second kappa shape index (κ2) is 6.27. The zero-order valence-corrected chi connectivity index (χ0v) is 13.9. The molecule has 0 bridgehead atoms. The van der Waals surface area contributed by atoms with Crippen molar-refractivity contribution >= 4 is 17.7 Å². The molecule has 0 radical (unpaired) electrons. The Labute approximate surface area is 142 Å². The van der Waals surface area contributed by atoms with Crippen molar-refractivity contribution in [2.45, 2.75) is 23.6 Å². The summed E-state index contributed by atoms with van der Waals surface area (Å²) in [4.78, 5) is 20.4. The highest BCUT2D eigenvalue weighted by Gasteiger charge is 2.54. The predicted octanol–water partition coefficient (Wildman–Crippen LogP) is 2.79. The number of benzene rings is 1. The molecule has 1 aromatic heterocycles. The number of phenolic OH excluding ortho intramolecular Hbond substituents is 1. The van der Waals surface area contributed by atoms with Gasteiger partial charge in [0.05, 0.1) is 12.8 Å². The van der Waals surface area contributed by atoms with Crippen molar-refractivity contribution in [3.8, 4) is 22.9 Å². The number of hydrogen-bond donors (Lipinski definition) is 1. The van der Waals surface area contributed by atoms with Crippen LogP contribution in [0, 0.1) is 5.82 Å². The molecular weight excluding hydrogens is 335 g/mol. The van der Waals surface area contributed by atoms with Crippen LogP contribution in [0.2, 0.25) is 0 Å². The fraction of sp³-hybridized carbons (Fsp3) is 0.312. The van der Waals surface area contributed by atoms with Gasteiger partial charge in [-0.3, -0.25) is 0 Å². The van der Waals surface area contributed by atoms with Gasteiger partial charge < -0.3 is 14.6 Å². The van der Waals surface area contributed by atoms with Crippen LogP contribution in [0.15, 0.2) is 29.4 Å². The number of phenols is 1. The molecule has 2 aromatic rings. The molecule has 0 unspecified atom stereocenters. The fourth-order valence-corrected chi connectivity index (χ4v) is 2.63. The number of aromatic nitrogens is 2. The van der Waals surface area contributed by atoms with E-state index in [1.807, 2.05) is 0 Å². The zero-order valence-electron chi connectivity index (χ0n) is 13.1. The normalized spacial score (nSPS) is 15.0. The number of carbonyl (C=O) groups excluding carboxylic acids is 1. The molecule has 8 heteroatoms. The molecule has 3 rings (SSSR count). The summed E-state index contributed by atoms with van der Waals surface area (Å²) in [6.45, 7) is 0. The van der Waals surface area contributed by atoms with Gasteiger partial charge in [0.2, 0.25) is 11.5 Å². The highest BCUT2D eigenvalue weighted by Crippen LogP contribution is 2.42. The van der Waals surface area contributed by atoms with Gasteiger partial charge in [-0.2, -0.15) is 4.98 Å². The lowest BCUT2D eigenvalue weighted by Crippen LogP contribution is -2.31. The summed E-state index contributed by atoms with van der Waals surface area (Å²) in [7, 11) is 1.31. The van der Waals surface area contributed by atoms with Crippen molar-refractivity contribution in [1.29, 1.82) is 0 Å². The van der Waals surface area contributed by atoms with Gasteiger partial charge in [0.15, 0.2) is 5.16 Å². The minimum absolute atomic E-state index is 0.205. The Morgan fingerprint density at radius 3 is 2.67 bits per heavy atom. The van der Waals surface area contributed by atoms with Gasteiger partial charge in [0.1, 0.15) is 11.6 Å². The minimum atomic E-state index is -0.999. The van der Waals surface area contributed by atoms with Gasteiger partial charge in [-0.15, -0.1) is 0 Å². The first-order chi connectivity index (χ1) is 11.5. The van der Waals surface area contributed by atoms with Crippen LogP contribution >= 0.6 is 11.8 Å². The molecule has 1 fully saturated rings. The van der Waals surface area contributed by atoms with E-state index < -0.39 is 17.4 Å². The Bertz CT molecular complexity index is 796. The van der Waals surface area contributed by atoms with E-state index in [2.05, 4.69) is 9.97 Å². The number of nitrogens with zero attached hydrogens (tertiary/aromatic N) is 2. The highest BCUT2D eigenvalue weighted by atomic mass is 32.2. The molecule has 1 aliphatic carbocycles. The molecule has 1 saturated carbocycles. The summed E-state index contributed by atoms with van der Waals surface area (Å²) in [5, 5.41) is 10.4. The zero-order chi connectivity index (χ0) is 17.3. The summed E-state index contributed by atoms with van der Waals surface area (Å²) in [6, 6.07) is 5.17. The van der Waals surface area contributed by atoms with Crippen LogP contribution in [0.1, 0.15) is 12.8 Å². The number of hydrogen-bond acceptors (Lipinski definition) is 7. The summed E-state index contributed by atoms with van der Waals surface area (Å²) >= 11 is 1.29. The lowest BCUT2D eigenvalue weighted by atomic mass is 10.1. The van der Waals surface area contributed by atoms with Crippen LogP contribution in [0.3, 0.4) is 0 Å². The van der Waals surface area contributed by atoms with Gasteiger partial charge in [-0.05, 0) is 18.4 Å². The topological polar surface area (TPSA) is 81.5 Å². The van der Waals surface area contributed by atoms with E-state index >= 15 is 0 Å². The van der Waals surface area contributed by atoms with Crippen molar-refractivity contribution in [2.24, 2.45) is 0 Å². The van der Waals surface area contributed by atoms with Gasteiger partial charge in [-0.1, -0.05) is 11.8 Å². The Balaban J connectivity index is 1.98. The highest BCUT2D eigenvalue weighted by molar-refractivity contribution is 7.98. The molecule has 1 N–H and O–H groups in total. The number of halogens is 1. The summed E-state index contributed by atoms with van der Waals surface area (Å²) in [5.74, 6) is -1.02. The standard InChI is InChI=1S/C16H15FN2O4S/c1-22-14(21)16(5-6-16)23-13-8-11(18-15(19-13)24-2)10-4-3-9(17)7-12(10)20/h3-4,7-8,20H,5-6H2,1-2H3. The van der Waals surface area contributed by atoms with E-state index in [0.29, 0.717) is 29.3 Å². The van der Waals surface area contributed by atoms with Crippen molar-refractivity contribution < 1.29 is 23.8 Å². The maximum atomic E-state index is 13.2. The van der Waals surface area contributed by atoms with Crippen LogP contribution in [-0.4, -0.2) is 40.0 Å². The SMILES string of the molecule is COC(=O)C1(Oc2cc(-c3ccc(F)cc3O)nc(SC)n2)CC1. The molecule has 126 valence electrons. The first-order valence-electron chi connectivity index (χ1n) is 7.17. The van der Waals surface area contributed by atoms with E-state index in [1.54, 1.807) is 6.26 Å². The molecule has 24 heavy (non-hydrogen) atoms. The number of aromatic hydroxyl groups is 1. The lowest BCUT2D eigenvalue weighted by Gasteiger charge is -2.16. The summed E-state index contributed by atoms with van der Waals surface area (Å²) in [6.07, 6.45) is 2.89. The van der Waals surface area contributed by atoms with Crippen LogP contribution < -0.4 is 4.74 Å². The monoisotopic (exact) mass is 350 g/mol. The maximum Gasteiger partial charge on any atom is 0.350 e. The summed E-state index contributed by atoms with van der Waals surface area (Å²) < 4.78 is 23.7. The van der Waals surface area contributed by atoms with E-state index in [9.17, 15) is 14.3 Å². The Morgan fingerprint density at radius 1 is 1.33 bits per heavy atom. The van der Waals surface area contributed by atoms with Crippen LogP contribution in [0.4, 0.5) is 4.39 Å². The number of rotatable bonds is 5. The van der Waals surface area contributed by atoms with E-state index in [1.165, 1.54) is 37.1 Å². The van der Waals surface area contributed by atoms with Crippen LogP contribution in [0.5, 0.6) is 11.6 Å². The number of esters is 1. The van der Waals surface area contributed by atoms with Crippen molar-refractivity contribution in [2.75, 3.05) is 13.4 Å². The molecular formula is C16H15FN2O4S. The average molecular weight is 350 g/mol. The maximum absolute atomic E-state index is 13.2. The minimum Gasteiger partial charge on any atom is -0.507 e. The predicted molar refractivity (Wildman–Crippen MR) is 85.5 cm³/mol. The molecule has 1 heterocycles. The van der Waals surface area contributed by atoms with E-state index in [-0.39, 0.29) is 11.6 Å². The molecule has 0 saturated heterocycles. The number of methoxy groups -OCH3 is 1. The third kappa shape index (κ3) is 3.14. The number of ether oxygens (including phenoxy) is 2. The molecule has 1 aromatic carbocycles. The van der Waals surface area contributed by atoms with Gasteiger partial charge in [0.25, 0.3) is 0 Å². The first-order valence-corrected chi connectivity index (χ1v) is 8.39. The molecule has 0 spiro atoms. The van der Waals surface area contributed by atoms with Crippen LogP contribution in [0.25, 0.3) is 11.3 Å². The Hall–Kier alpha value is -2.35. The molecule has 6 nitrogen and oxygen atoms in total. The number of carbonyl (C=O) groups is 1. The second-order valence-electron chi connectivity index (χ2n) is 5.33. The molecule has 1 aliphatic rings. The van der Waals surface area contributed by atoms with E-state index in [0.717, 1.165) is 6.07 Å². The quantitative estimate of drug-likeness (QED) is 0.504. The largest absolute Gasteiger partial charge is 0.507 e. The fourth-order valence-electron chi connectivity index (χ4n) is 2.25. The number of thioether (sulfide) groups is 1. The Kier molecular flexibility index (Phi) is 4.31. The van der Waals surface area contributed by atoms with Gasteiger partial charge >= 0.3 is 5.97 Å². The van der Waals surface area contributed by atoms with Gasteiger partial charge in [0, 0.05) is 30.5 Å². The van der Waals surface area contributed by atoms with Crippen molar-refractivity contribution in [3.63, 3.8) is 0 Å². The molecule has 0 aliphatic heterocycles.